The number of rotatable bonds is 3. The average Bonchev–Trinajstić information content (AvgIpc) is 3.30. The van der Waals surface area contributed by atoms with Crippen molar-refractivity contribution in [1.82, 2.24) is 24.4 Å². The molecule has 0 radical (unpaired) electrons. The lowest BCUT2D eigenvalue weighted by Crippen LogP contribution is -2.27. The van der Waals surface area contributed by atoms with Crippen molar-refractivity contribution < 1.29 is 9.53 Å². The first-order chi connectivity index (χ1) is 13.8. The number of hydrogen-bond acceptors (Lipinski definition) is 6. The summed E-state index contributed by atoms with van der Waals surface area (Å²) in [5, 5.41) is 11.8. The Labute approximate surface area is 168 Å². The number of hydrogen-bond donors (Lipinski definition) is 1. The van der Waals surface area contributed by atoms with E-state index >= 15 is 0 Å². The fraction of sp³-hybridized carbons (Fsp3) is 0.238. The number of aromatic nitrogens is 5. The molecule has 0 atom stereocenters. The van der Waals surface area contributed by atoms with Crippen molar-refractivity contribution in [2.24, 2.45) is 0 Å². The topological polar surface area (TPSA) is 86.3 Å². The van der Waals surface area contributed by atoms with Gasteiger partial charge in [0, 0.05) is 23.6 Å². The SMILES string of the molecule is Cc1nc(Nc2ccc(-c3cnn(C(=O)OC(C)(C)C)c3)cc2)c2cccn2n1. The number of aryl methyl sites for hydroxylation is 1. The van der Waals surface area contributed by atoms with E-state index in [2.05, 4.69) is 20.5 Å². The fourth-order valence-corrected chi connectivity index (χ4v) is 2.90. The molecule has 8 heteroatoms. The lowest BCUT2D eigenvalue weighted by Gasteiger charge is -2.18. The first-order valence-electron chi connectivity index (χ1n) is 9.26. The molecule has 0 aliphatic carbocycles. The summed E-state index contributed by atoms with van der Waals surface area (Å²) in [5.74, 6) is 1.43. The quantitative estimate of drug-likeness (QED) is 0.557. The highest BCUT2D eigenvalue weighted by Gasteiger charge is 2.18. The monoisotopic (exact) mass is 390 g/mol. The summed E-state index contributed by atoms with van der Waals surface area (Å²) in [5.41, 5.74) is 3.00. The zero-order valence-electron chi connectivity index (χ0n) is 16.7. The van der Waals surface area contributed by atoms with Crippen LogP contribution in [-0.2, 0) is 4.74 Å². The minimum atomic E-state index is -0.568. The number of fused-ring (bicyclic) bond motifs is 1. The van der Waals surface area contributed by atoms with Crippen molar-refractivity contribution in [2.75, 3.05) is 5.32 Å². The summed E-state index contributed by atoms with van der Waals surface area (Å²) in [6, 6.07) is 11.7. The molecule has 29 heavy (non-hydrogen) atoms. The van der Waals surface area contributed by atoms with Crippen LogP contribution in [0.2, 0.25) is 0 Å². The van der Waals surface area contributed by atoms with Gasteiger partial charge < -0.3 is 10.1 Å². The number of carbonyl (C=O) groups excluding carboxylic acids is 1. The number of ether oxygens (including phenoxy) is 1. The van der Waals surface area contributed by atoms with Gasteiger partial charge in [0.15, 0.2) is 5.82 Å². The maximum atomic E-state index is 12.1. The van der Waals surface area contributed by atoms with Crippen LogP contribution in [0.25, 0.3) is 16.6 Å². The average molecular weight is 390 g/mol. The molecular weight excluding hydrogens is 368 g/mol. The number of anilines is 2. The molecule has 4 rings (SSSR count). The van der Waals surface area contributed by atoms with Crippen molar-refractivity contribution in [1.29, 1.82) is 0 Å². The van der Waals surface area contributed by atoms with E-state index in [1.807, 2.05) is 70.3 Å². The Kier molecular flexibility index (Phi) is 4.54. The number of nitrogens with zero attached hydrogens (tertiary/aromatic N) is 5. The predicted molar refractivity (Wildman–Crippen MR) is 110 cm³/mol. The second kappa shape index (κ2) is 7.05. The zero-order valence-corrected chi connectivity index (χ0v) is 16.7. The smallest absolute Gasteiger partial charge is 0.435 e. The molecule has 0 saturated carbocycles. The molecule has 0 spiro atoms. The summed E-state index contributed by atoms with van der Waals surface area (Å²) in [6.07, 6.45) is 4.69. The van der Waals surface area contributed by atoms with Crippen LogP contribution in [0.4, 0.5) is 16.3 Å². The summed E-state index contributed by atoms with van der Waals surface area (Å²) < 4.78 is 8.34. The lowest BCUT2D eigenvalue weighted by molar-refractivity contribution is 0.0514. The molecule has 0 aliphatic heterocycles. The standard InChI is InChI=1S/C21H22N6O2/c1-14-23-19(18-6-5-11-26(18)25-14)24-17-9-7-15(8-10-17)16-12-22-27(13-16)20(28)29-21(2,3)4/h5-13H,1-4H3,(H,23,24,25). The van der Waals surface area contributed by atoms with Gasteiger partial charge in [0.2, 0.25) is 0 Å². The van der Waals surface area contributed by atoms with E-state index in [9.17, 15) is 4.79 Å². The molecule has 0 aliphatic rings. The van der Waals surface area contributed by atoms with E-state index in [1.54, 1.807) is 16.9 Å². The van der Waals surface area contributed by atoms with Gasteiger partial charge in [-0.2, -0.15) is 14.9 Å². The van der Waals surface area contributed by atoms with Crippen LogP contribution in [0.3, 0.4) is 0 Å². The van der Waals surface area contributed by atoms with Crippen molar-refractivity contribution in [2.45, 2.75) is 33.3 Å². The third-order valence-corrected chi connectivity index (χ3v) is 4.14. The maximum absolute atomic E-state index is 12.1. The van der Waals surface area contributed by atoms with Crippen LogP contribution in [0.1, 0.15) is 26.6 Å². The highest BCUT2D eigenvalue weighted by Crippen LogP contribution is 2.24. The molecule has 0 unspecified atom stereocenters. The Morgan fingerprint density at radius 2 is 1.86 bits per heavy atom. The van der Waals surface area contributed by atoms with E-state index < -0.39 is 11.7 Å². The van der Waals surface area contributed by atoms with Crippen LogP contribution in [-0.4, -0.2) is 36.1 Å². The third-order valence-electron chi connectivity index (χ3n) is 4.14. The first kappa shape index (κ1) is 18.7. The van der Waals surface area contributed by atoms with Crippen molar-refractivity contribution in [3.05, 3.63) is 60.8 Å². The van der Waals surface area contributed by atoms with Gasteiger partial charge in [0.1, 0.15) is 16.9 Å². The third kappa shape index (κ3) is 4.11. The van der Waals surface area contributed by atoms with Crippen molar-refractivity contribution in [3.63, 3.8) is 0 Å². The summed E-state index contributed by atoms with van der Waals surface area (Å²) >= 11 is 0. The normalized spacial score (nSPS) is 11.6. The Hall–Kier alpha value is -3.68. The molecule has 1 aromatic carbocycles. The molecule has 3 heterocycles. The molecule has 148 valence electrons. The Bertz CT molecular complexity index is 1170. The second-order valence-electron chi connectivity index (χ2n) is 7.70. The van der Waals surface area contributed by atoms with Gasteiger partial charge in [-0.3, -0.25) is 0 Å². The lowest BCUT2D eigenvalue weighted by atomic mass is 10.1. The number of benzene rings is 1. The van der Waals surface area contributed by atoms with Crippen molar-refractivity contribution >= 4 is 23.1 Å². The first-order valence-corrected chi connectivity index (χ1v) is 9.26. The molecule has 0 fully saturated rings. The number of nitrogens with one attached hydrogen (secondary N) is 1. The van der Waals surface area contributed by atoms with Crippen LogP contribution >= 0.6 is 0 Å². The molecule has 1 N–H and O–H groups in total. The summed E-state index contributed by atoms with van der Waals surface area (Å²) in [6.45, 7) is 7.32. The van der Waals surface area contributed by atoms with Crippen LogP contribution in [0.5, 0.6) is 0 Å². The predicted octanol–water partition coefficient (Wildman–Crippen LogP) is 4.43. The van der Waals surface area contributed by atoms with E-state index in [1.165, 1.54) is 4.68 Å². The Balaban J connectivity index is 1.53. The van der Waals surface area contributed by atoms with Gasteiger partial charge in [-0.15, -0.1) is 0 Å². The van der Waals surface area contributed by atoms with Gasteiger partial charge in [-0.1, -0.05) is 12.1 Å². The molecule has 0 saturated heterocycles. The zero-order chi connectivity index (χ0) is 20.6. The molecule has 3 aromatic heterocycles. The minimum Gasteiger partial charge on any atom is -0.442 e. The molecular formula is C21H22N6O2. The van der Waals surface area contributed by atoms with Crippen molar-refractivity contribution in [3.8, 4) is 11.1 Å². The van der Waals surface area contributed by atoms with Gasteiger partial charge in [0.25, 0.3) is 0 Å². The minimum absolute atomic E-state index is 0.502. The van der Waals surface area contributed by atoms with E-state index in [4.69, 9.17) is 4.74 Å². The van der Waals surface area contributed by atoms with Gasteiger partial charge in [-0.05, 0) is 57.5 Å². The Morgan fingerprint density at radius 1 is 1.10 bits per heavy atom. The van der Waals surface area contributed by atoms with E-state index in [0.29, 0.717) is 5.82 Å². The van der Waals surface area contributed by atoms with E-state index in [0.717, 1.165) is 28.1 Å². The van der Waals surface area contributed by atoms with Gasteiger partial charge in [0.05, 0.1) is 6.20 Å². The summed E-state index contributed by atoms with van der Waals surface area (Å²) in [4.78, 5) is 16.6. The highest BCUT2D eigenvalue weighted by molar-refractivity contribution is 5.75. The fourth-order valence-electron chi connectivity index (χ4n) is 2.90. The second-order valence-corrected chi connectivity index (χ2v) is 7.70. The van der Waals surface area contributed by atoms with E-state index in [-0.39, 0.29) is 0 Å². The highest BCUT2D eigenvalue weighted by atomic mass is 16.6. The van der Waals surface area contributed by atoms with Crippen LogP contribution in [0.15, 0.2) is 55.0 Å². The van der Waals surface area contributed by atoms with Crippen LogP contribution < -0.4 is 5.32 Å². The molecule has 0 bridgehead atoms. The number of carbonyl (C=O) groups is 1. The Morgan fingerprint density at radius 3 is 2.59 bits per heavy atom. The molecule has 4 aromatic rings. The van der Waals surface area contributed by atoms with Crippen LogP contribution in [0, 0.1) is 6.92 Å². The molecule has 8 nitrogen and oxygen atoms in total. The largest absolute Gasteiger partial charge is 0.442 e. The maximum Gasteiger partial charge on any atom is 0.435 e. The molecule has 0 amide bonds. The summed E-state index contributed by atoms with van der Waals surface area (Å²) in [7, 11) is 0. The van der Waals surface area contributed by atoms with Gasteiger partial charge >= 0.3 is 6.09 Å². The van der Waals surface area contributed by atoms with Gasteiger partial charge in [-0.25, -0.2) is 14.3 Å².